The molecule has 0 spiro atoms. The predicted octanol–water partition coefficient (Wildman–Crippen LogP) is 1.76. The molecule has 1 aliphatic heterocycles. The van der Waals surface area contributed by atoms with Crippen molar-refractivity contribution in [3.8, 4) is 0 Å². The van der Waals surface area contributed by atoms with Crippen LogP contribution in [0.4, 0.5) is 0 Å². The Morgan fingerprint density at radius 1 is 1.46 bits per heavy atom. The molecule has 0 aliphatic carbocycles. The highest BCUT2D eigenvalue weighted by atomic mass is 15.0. The molecule has 1 unspecified atom stereocenters. The van der Waals surface area contributed by atoms with E-state index >= 15 is 0 Å². The molecular weight excluding hydrogens is 160 g/mol. The largest absolute Gasteiger partial charge is 0.316 e. The van der Waals surface area contributed by atoms with Crippen LogP contribution in [0.25, 0.3) is 0 Å². The van der Waals surface area contributed by atoms with Gasteiger partial charge in [0.15, 0.2) is 0 Å². The van der Waals surface area contributed by atoms with Crippen molar-refractivity contribution in [2.75, 3.05) is 19.6 Å². The zero-order valence-electron chi connectivity index (χ0n) is 9.32. The Morgan fingerprint density at radius 2 is 2.23 bits per heavy atom. The fourth-order valence-electron chi connectivity index (χ4n) is 2.03. The van der Waals surface area contributed by atoms with Gasteiger partial charge in [-0.2, -0.15) is 0 Å². The Hall–Kier alpha value is -0.0800. The molecule has 0 aromatic heterocycles. The van der Waals surface area contributed by atoms with Crippen LogP contribution >= 0.6 is 0 Å². The lowest BCUT2D eigenvalue weighted by molar-refractivity contribution is 0.188. The van der Waals surface area contributed by atoms with E-state index in [0.29, 0.717) is 11.5 Å². The van der Waals surface area contributed by atoms with E-state index in [-0.39, 0.29) is 0 Å². The maximum Gasteiger partial charge on any atom is 0.00222 e. The summed E-state index contributed by atoms with van der Waals surface area (Å²) in [6.07, 6.45) is 4.02. The lowest BCUT2D eigenvalue weighted by Gasteiger charge is -2.37. The molecule has 1 fully saturated rings. The van der Waals surface area contributed by atoms with Crippen LogP contribution in [-0.4, -0.2) is 25.7 Å². The molecule has 0 saturated carbocycles. The van der Waals surface area contributed by atoms with Crippen molar-refractivity contribution >= 4 is 0 Å². The van der Waals surface area contributed by atoms with Gasteiger partial charge in [-0.3, -0.25) is 0 Å². The van der Waals surface area contributed by atoms with E-state index in [1.807, 2.05) is 0 Å². The van der Waals surface area contributed by atoms with Crippen LogP contribution < -0.4 is 10.6 Å². The monoisotopic (exact) mass is 184 g/mol. The van der Waals surface area contributed by atoms with Gasteiger partial charge in [-0.25, -0.2) is 0 Å². The van der Waals surface area contributed by atoms with Gasteiger partial charge in [0.25, 0.3) is 0 Å². The van der Waals surface area contributed by atoms with Gasteiger partial charge >= 0.3 is 0 Å². The van der Waals surface area contributed by atoms with Crippen LogP contribution in [0.15, 0.2) is 0 Å². The summed E-state index contributed by atoms with van der Waals surface area (Å²) >= 11 is 0. The SMILES string of the molecule is CCC1(CNC(C)C)CCCNC1. The van der Waals surface area contributed by atoms with Crippen LogP contribution in [0.5, 0.6) is 0 Å². The second-order valence-electron chi connectivity index (χ2n) is 4.67. The number of hydrogen-bond acceptors (Lipinski definition) is 2. The highest BCUT2D eigenvalue weighted by Gasteiger charge is 2.29. The second kappa shape index (κ2) is 4.97. The molecule has 0 aromatic carbocycles. The standard InChI is InChI=1S/C11H24N2/c1-4-11(9-13-10(2)3)6-5-7-12-8-11/h10,12-13H,4-9H2,1-3H3. The average Bonchev–Trinajstić information content (AvgIpc) is 2.16. The van der Waals surface area contributed by atoms with Gasteiger partial charge in [0.1, 0.15) is 0 Å². The third-order valence-corrected chi connectivity index (χ3v) is 3.20. The van der Waals surface area contributed by atoms with Crippen LogP contribution in [-0.2, 0) is 0 Å². The van der Waals surface area contributed by atoms with Gasteiger partial charge in [0, 0.05) is 19.1 Å². The van der Waals surface area contributed by atoms with Crippen LogP contribution in [0.1, 0.15) is 40.0 Å². The Kier molecular flexibility index (Phi) is 4.20. The van der Waals surface area contributed by atoms with E-state index in [2.05, 4.69) is 31.4 Å². The highest BCUT2D eigenvalue weighted by Crippen LogP contribution is 2.28. The van der Waals surface area contributed by atoms with Gasteiger partial charge in [-0.1, -0.05) is 20.8 Å². The first-order valence-corrected chi connectivity index (χ1v) is 5.63. The van der Waals surface area contributed by atoms with Gasteiger partial charge in [-0.15, -0.1) is 0 Å². The average molecular weight is 184 g/mol. The van der Waals surface area contributed by atoms with Crippen molar-refractivity contribution < 1.29 is 0 Å². The number of rotatable bonds is 4. The van der Waals surface area contributed by atoms with Crippen molar-refractivity contribution in [1.29, 1.82) is 0 Å². The minimum Gasteiger partial charge on any atom is -0.316 e. The maximum atomic E-state index is 3.57. The van der Waals surface area contributed by atoms with E-state index in [9.17, 15) is 0 Å². The van der Waals surface area contributed by atoms with Crippen LogP contribution in [0.2, 0.25) is 0 Å². The van der Waals surface area contributed by atoms with E-state index < -0.39 is 0 Å². The molecule has 0 amide bonds. The van der Waals surface area contributed by atoms with Crippen LogP contribution in [0.3, 0.4) is 0 Å². The van der Waals surface area contributed by atoms with Gasteiger partial charge < -0.3 is 10.6 Å². The molecule has 1 saturated heterocycles. The summed E-state index contributed by atoms with van der Waals surface area (Å²) in [7, 11) is 0. The minimum atomic E-state index is 0.530. The van der Waals surface area contributed by atoms with Crippen LogP contribution in [0, 0.1) is 5.41 Å². The summed E-state index contributed by atoms with van der Waals surface area (Å²) in [5.74, 6) is 0. The van der Waals surface area contributed by atoms with E-state index in [1.54, 1.807) is 0 Å². The molecular formula is C11H24N2. The van der Waals surface area contributed by atoms with Crippen molar-refractivity contribution in [2.24, 2.45) is 5.41 Å². The number of nitrogens with one attached hydrogen (secondary N) is 2. The summed E-state index contributed by atoms with van der Waals surface area (Å²) in [6, 6.07) is 0.616. The Balaban J connectivity index is 2.38. The smallest absolute Gasteiger partial charge is 0.00222 e. The summed E-state index contributed by atoms with van der Waals surface area (Å²) < 4.78 is 0. The first-order chi connectivity index (χ1) is 6.18. The normalized spacial score (nSPS) is 29.5. The molecule has 0 aromatic rings. The molecule has 0 radical (unpaired) electrons. The highest BCUT2D eigenvalue weighted by molar-refractivity contribution is 4.86. The molecule has 13 heavy (non-hydrogen) atoms. The van der Waals surface area contributed by atoms with E-state index in [0.717, 1.165) is 0 Å². The summed E-state index contributed by atoms with van der Waals surface area (Å²) in [6.45, 7) is 10.3. The summed E-state index contributed by atoms with van der Waals surface area (Å²) in [5.41, 5.74) is 0.530. The summed E-state index contributed by atoms with van der Waals surface area (Å²) in [5, 5.41) is 7.08. The minimum absolute atomic E-state index is 0.530. The maximum absolute atomic E-state index is 3.57. The lowest BCUT2D eigenvalue weighted by Crippen LogP contribution is -2.47. The zero-order valence-corrected chi connectivity index (χ0v) is 9.32. The third kappa shape index (κ3) is 3.28. The summed E-state index contributed by atoms with van der Waals surface area (Å²) in [4.78, 5) is 0. The molecule has 78 valence electrons. The van der Waals surface area contributed by atoms with Crippen molar-refractivity contribution in [3.05, 3.63) is 0 Å². The van der Waals surface area contributed by atoms with Crippen molar-refractivity contribution in [3.63, 3.8) is 0 Å². The third-order valence-electron chi connectivity index (χ3n) is 3.20. The molecule has 2 heteroatoms. The van der Waals surface area contributed by atoms with Crippen molar-refractivity contribution in [2.45, 2.75) is 46.1 Å². The number of hydrogen-bond donors (Lipinski definition) is 2. The van der Waals surface area contributed by atoms with Crippen molar-refractivity contribution in [1.82, 2.24) is 10.6 Å². The topological polar surface area (TPSA) is 24.1 Å². The quantitative estimate of drug-likeness (QED) is 0.696. The lowest BCUT2D eigenvalue weighted by atomic mass is 9.78. The fourth-order valence-corrected chi connectivity index (χ4v) is 2.03. The first kappa shape index (κ1) is 11.0. The molecule has 1 heterocycles. The zero-order chi connectivity index (χ0) is 9.73. The Labute approximate surface area is 82.5 Å². The second-order valence-corrected chi connectivity index (χ2v) is 4.67. The molecule has 1 atom stereocenters. The fraction of sp³-hybridized carbons (Fsp3) is 1.00. The van der Waals surface area contributed by atoms with Gasteiger partial charge in [-0.05, 0) is 31.2 Å². The van der Waals surface area contributed by atoms with Gasteiger partial charge in [0.05, 0.1) is 0 Å². The molecule has 2 nitrogen and oxygen atoms in total. The first-order valence-electron chi connectivity index (χ1n) is 5.63. The predicted molar refractivity (Wildman–Crippen MR) is 58.0 cm³/mol. The van der Waals surface area contributed by atoms with E-state index in [1.165, 1.54) is 38.9 Å². The Morgan fingerprint density at radius 3 is 2.69 bits per heavy atom. The Bertz CT molecular complexity index is 137. The molecule has 2 N–H and O–H groups in total. The van der Waals surface area contributed by atoms with Gasteiger partial charge in [0.2, 0.25) is 0 Å². The molecule has 1 aliphatic rings. The molecule has 1 rings (SSSR count). The van der Waals surface area contributed by atoms with E-state index in [4.69, 9.17) is 0 Å². The molecule has 0 bridgehead atoms. The number of piperidine rings is 1.